The van der Waals surface area contributed by atoms with E-state index < -0.39 is 22.0 Å². The predicted molar refractivity (Wildman–Crippen MR) is 133 cm³/mol. The molecule has 0 atom stereocenters. The second-order valence-corrected chi connectivity index (χ2v) is 9.80. The van der Waals surface area contributed by atoms with Gasteiger partial charge in [-0.05, 0) is 42.0 Å². The molecule has 0 aliphatic carbocycles. The number of ether oxygens (including phenoxy) is 4. The molecule has 9 nitrogen and oxygen atoms in total. The van der Waals surface area contributed by atoms with E-state index in [1.54, 1.807) is 24.3 Å². The van der Waals surface area contributed by atoms with Crippen molar-refractivity contribution in [2.75, 3.05) is 32.7 Å². The van der Waals surface area contributed by atoms with Crippen LogP contribution in [-0.4, -0.2) is 48.7 Å². The van der Waals surface area contributed by atoms with Crippen molar-refractivity contribution < 1.29 is 37.0 Å². The summed E-state index contributed by atoms with van der Waals surface area (Å²) in [6, 6.07) is 14.8. The molecular weight excluding hydrogens is 510 g/mol. The Bertz CT molecular complexity index is 1370. The van der Waals surface area contributed by atoms with E-state index in [0.717, 1.165) is 4.31 Å². The molecule has 0 saturated carbocycles. The Morgan fingerprint density at radius 2 is 1.53 bits per heavy atom. The number of methoxy groups -OCH3 is 3. The minimum absolute atomic E-state index is 0.0513. The molecule has 0 aliphatic rings. The van der Waals surface area contributed by atoms with Gasteiger partial charge in [0.1, 0.15) is 18.1 Å². The summed E-state index contributed by atoms with van der Waals surface area (Å²) < 4.78 is 48.1. The molecule has 3 aromatic rings. The molecule has 3 rings (SSSR count). The lowest BCUT2D eigenvalue weighted by atomic mass is 10.1. The van der Waals surface area contributed by atoms with E-state index >= 15 is 0 Å². The van der Waals surface area contributed by atoms with Crippen LogP contribution in [0.5, 0.6) is 11.5 Å². The molecule has 0 radical (unpaired) electrons. The fourth-order valence-corrected chi connectivity index (χ4v) is 4.73. The van der Waals surface area contributed by atoms with Crippen molar-refractivity contribution in [1.82, 2.24) is 0 Å². The van der Waals surface area contributed by atoms with Gasteiger partial charge in [-0.25, -0.2) is 18.0 Å². The van der Waals surface area contributed by atoms with Gasteiger partial charge in [0.2, 0.25) is 0 Å². The fraction of sp³-hybridized carbons (Fsp3) is 0.200. The number of sulfonamides is 1. The number of carbonyl (C=O) groups is 2. The average molecular weight is 534 g/mol. The Balaban J connectivity index is 1.80. The van der Waals surface area contributed by atoms with Crippen molar-refractivity contribution in [1.29, 1.82) is 0 Å². The highest BCUT2D eigenvalue weighted by Crippen LogP contribution is 2.39. The molecule has 0 unspecified atom stereocenters. The maximum atomic E-state index is 13.3. The van der Waals surface area contributed by atoms with Crippen molar-refractivity contribution in [3.05, 3.63) is 82.4 Å². The Morgan fingerprint density at radius 1 is 0.861 bits per heavy atom. The lowest BCUT2D eigenvalue weighted by molar-refractivity contribution is 0.0471. The zero-order valence-corrected chi connectivity index (χ0v) is 21.6. The lowest BCUT2D eigenvalue weighted by Crippen LogP contribution is -2.27. The Labute approximate surface area is 214 Å². The maximum absolute atomic E-state index is 13.3. The molecule has 0 bridgehead atoms. The molecule has 0 amide bonds. The first-order chi connectivity index (χ1) is 17.1. The van der Waals surface area contributed by atoms with Gasteiger partial charge in [-0.15, -0.1) is 0 Å². The molecular formula is C25H24ClNO8S. The van der Waals surface area contributed by atoms with Gasteiger partial charge in [-0.2, -0.15) is 0 Å². The molecule has 0 fully saturated rings. The van der Waals surface area contributed by atoms with Gasteiger partial charge in [0.15, 0.2) is 0 Å². The highest BCUT2D eigenvalue weighted by molar-refractivity contribution is 7.92. The summed E-state index contributed by atoms with van der Waals surface area (Å²) in [7, 11) is 1.36. The lowest BCUT2D eigenvalue weighted by Gasteiger charge is -2.23. The average Bonchev–Trinajstić information content (AvgIpc) is 2.90. The van der Waals surface area contributed by atoms with E-state index in [-0.39, 0.29) is 33.5 Å². The second-order valence-electron chi connectivity index (χ2n) is 7.42. The topological polar surface area (TPSA) is 108 Å². The molecule has 36 heavy (non-hydrogen) atoms. The number of carbonyl (C=O) groups excluding carboxylic acids is 2. The maximum Gasteiger partial charge on any atom is 0.338 e. The van der Waals surface area contributed by atoms with Gasteiger partial charge >= 0.3 is 11.9 Å². The van der Waals surface area contributed by atoms with Crippen molar-refractivity contribution in [3.63, 3.8) is 0 Å². The van der Waals surface area contributed by atoms with Crippen molar-refractivity contribution in [2.45, 2.75) is 11.5 Å². The number of hydrogen-bond donors (Lipinski definition) is 0. The van der Waals surface area contributed by atoms with Gasteiger partial charge in [0.25, 0.3) is 10.0 Å². The Hall–Kier alpha value is -3.76. The molecule has 11 heteroatoms. The molecule has 190 valence electrons. The van der Waals surface area contributed by atoms with Crippen LogP contribution in [0.2, 0.25) is 5.02 Å². The quantitative estimate of drug-likeness (QED) is 0.374. The van der Waals surface area contributed by atoms with Gasteiger partial charge in [-0.3, -0.25) is 4.31 Å². The van der Waals surface area contributed by atoms with Crippen LogP contribution in [0, 0.1) is 0 Å². The number of anilines is 1. The monoisotopic (exact) mass is 533 g/mol. The van der Waals surface area contributed by atoms with E-state index in [9.17, 15) is 18.0 Å². The number of esters is 2. The van der Waals surface area contributed by atoms with Crippen LogP contribution in [0.25, 0.3) is 0 Å². The van der Waals surface area contributed by atoms with E-state index in [2.05, 4.69) is 4.74 Å². The standard InChI is InChI=1S/C25H24ClNO8S/c1-27(21-13-20(26)22(32-2)14-23(21)33-3)36(30,31)19-7-5-6-18(12-19)25(29)35-15-16-8-10-17(11-9-16)24(28)34-4/h5-14H,15H2,1-4H3. The Kier molecular flexibility index (Phi) is 8.44. The largest absolute Gasteiger partial charge is 0.495 e. The summed E-state index contributed by atoms with van der Waals surface area (Å²) in [4.78, 5) is 24.0. The van der Waals surface area contributed by atoms with Crippen LogP contribution in [0.4, 0.5) is 5.69 Å². The van der Waals surface area contributed by atoms with E-state index in [1.807, 2.05) is 0 Å². The summed E-state index contributed by atoms with van der Waals surface area (Å²) in [5.41, 5.74) is 1.24. The first-order valence-electron chi connectivity index (χ1n) is 10.5. The van der Waals surface area contributed by atoms with Crippen LogP contribution < -0.4 is 13.8 Å². The normalized spacial score (nSPS) is 10.9. The zero-order chi connectivity index (χ0) is 26.5. The van der Waals surface area contributed by atoms with E-state index in [1.165, 1.54) is 64.8 Å². The zero-order valence-electron chi connectivity index (χ0n) is 20.0. The van der Waals surface area contributed by atoms with Gasteiger partial charge in [-0.1, -0.05) is 29.8 Å². The molecule has 3 aromatic carbocycles. The second kappa shape index (κ2) is 11.3. The van der Waals surface area contributed by atoms with Crippen LogP contribution in [0.1, 0.15) is 26.3 Å². The predicted octanol–water partition coefficient (Wildman–Crippen LogP) is 4.33. The minimum atomic E-state index is -4.10. The third-order valence-corrected chi connectivity index (χ3v) is 7.33. The van der Waals surface area contributed by atoms with Crippen molar-refractivity contribution >= 4 is 39.3 Å². The van der Waals surface area contributed by atoms with E-state index in [0.29, 0.717) is 16.9 Å². The smallest absolute Gasteiger partial charge is 0.338 e. The minimum Gasteiger partial charge on any atom is -0.495 e. The summed E-state index contributed by atoms with van der Waals surface area (Å²) in [6.45, 7) is -0.0707. The molecule has 0 spiro atoms. The fourth-order valence-electron chi connectivity index (χ4n) is 3.25. The first-order valence-corrected chi connectivity index (χ1v) is 12.3. The molecule has 0 N–H and O–H groups in total. The molecule has 0 heterocycles. The summed E-state index contributed by atoms with van der Waals surface area (Å²) in [5, 5.41) is 0.201. The van der Waals surface area contributed by atoms with Gasteiger partial charge in [0.05, 0.1) is 48.1 Å². The van der Waals surface area contributed by atoms with Crippen LogP contribution in [-0.2, 0) is 26.1 Å². The number of hydrogen-bond acceptors (Lipinski definition) is 8. The van der Waals surface area contributed by atoms with Gasteiger partial charge < -0.3 is 18.9 Å². The summed E-state index contributed by atoms with van der Waals surface area (Å²) in [6.07, 6.45) is 0. The number of benzene rings is 3. The highest BCUT2D eigenvalue weighted by atomic mass is 35.5. The first kappa shape index (κ1) is 26.8. The highest BCUT2D eigenvalue weighted by Gasteiger charge is 2.26. The third kappa shape index (κ3) is 5.72. The summed E-state index contributed by atoms with van der Waals surface area (Å²) >= 11 is 6.20. The van der Waals surface area contributed by atoms with E-state index in [4.69, 9.17) is 25.8 Å². The van der Waals surface area contributed by atoms with Gasteiger partial charge in [0, 0.05) is 13.1 Å². The van der Waals surface area contributed by atoms with Crippen LogP contribution in [0.15, 0.2) is 65.6 Å². The summed E-state index contributed by atoms with van der Waals surface area (Å²) in [5.74, 6) is -0.628. The van der Waals surface area contributed by atoms with Crippen molar-refractivity contribution in [2.24, 2.45) is 0 Å². The molecule has 0 saturated heterocycles. The number of rotatable bonds is 9. The number of nitrogens with zero attached hydrogens (tertiary/aromatic N) is 1. The Morgan fingerprint density at radius 3 is 2.14 bits per heavy atom. The van der Waals surface area contributed by atoms with Crippen molar-refractivity contribution in [3.8, 4) is 11.5 Å². The SMILES string of the molecule is COC(=O)c1ccc(COC(=O)c2cccc(S(=O)(=O)N(C)c3cc(Cl)c(OC)cc3OC)c2)cc1. The van der Waals surface area contributed by atoms with Crippen LogP contribution >= 0.6 is 11.6 Å². The number of halogens is 1. The third-order valence-electron chi connectivity index (χ3n) is 5.27. The molecule has 0 aromatic heterocycles. The van der Waals surface area contributed by atoms with Crippen LogP contribution in [0.3, 0.4) is 0 Å². The molecule has 0 aliphatic heterocycles.